The predicted molar refractivity (Wildman–Crippen MR) is 92.4 cm³/mol. The molecule has 2 heterocycles. The van der Waals surface area contributed by atoms with Crippen LogP contribution < -0.4 is 5.32 Å². The summed E-state index contributed by atoms with van der Waals surface area (Å²) in [7, 11) is 1.91. The van der Waals surface area contributed by atoms with Gasteiger partial charge < -0.3 is 15.0 Å². The van der Waals surface area contributed by atoms with Crippen LogP contribution in [0.15, 0.2) is 4.99 Å². The SMILES string of the molecule is CCC(CC)CNC(=NC)N1CCC(CN2CCOCC2)C1. The number of likely N-dealkylation sites (tertiary alicyclic amines) is 1. The average Bonchev–Trinajstić information content (AvgIpc) is 3.01. The molecule has 0 saturated carbocycles. The van der Waals surface area contributed by atoms with E-state index >= 15 is 0 Å². The van der Waals surface area contributed by atoms with Crippen molar-refractivity contribution in [3.8, 4) is 0 Å². The molecule has 2 fully saturated rings. The first kappa shape index (κ1) is 17.5. The van der Waals surface area contributed by atoms with Gasteiger partial charge in [-0.15, -0.1) is 0 Å². The van der Waals surface area contributed by atoms with Crippen LogP contribution in [0.1, 0.15) is 33.1 Å². The Balaban J connectivity index is 1.75. The second kappa shape index (κ2) is 9.36. The molecule has 0 aromatic heterocycles. The maximum Gasteiger partial charge on any atom is 0.193 e. The minimum absolute atomic E-state index is 0.753. The molecule has 2 rings (SSSR count). The van der Waals surface area contributed by atoms with Crippen molar-refractivity contribution in [2.75, 3.05) is 59.5 Å². The molecule has 0 spiro atoms. The van der Waals surface area contributed by atoms with E-state index in [1.165, 1.54) is 25.8 Å². The lowest BCUT2D eigenvalue weighted by Crippen LogP contribution is -2.43. The highest BCUT2D eigenvalue weighted by atomic mass is 16.5. The summed E-state index contributed by atoms with van der Waals surface area (Å²) in [5.74, 6) is 2.62. The summed E-state index contributed by atoms with van der Waals surface area (Å²) in [5.41, 5.74) is 0. The van der Waals surface area contributed by atoms with E-state index in [0.717, 1.165) is 63.7 Å². The summed E-state index contributed by atoms with van der Waals surface area (Å²) in [6, 6.07) is 0. The van der Waals surface area contributed by atoms with Gasteiger partial charge >= 0.3 is 0 Å². The Hall–Kier alpha value is -0.810. The number of hydrogen-bond acceptors (Lipinski definition) is 3. The number of aliphatic imine (C=N–C) groups is 1. The molecule has 1 N–H and O–H groups in total. The first-order valence-corrected chi connectivity index (χ1v) is 9.02. The van der Waals surface area contributed by atoms with Crippen LogP contribution in [0, 0.1) is 11.8 Å². The molecule has 1 unspecified atom stereocenters. The molecule has 0 aromatic carbocycles. The van der Waals surface area contributed by atoms with Crippen LogP contribution in [-0.2, 0) is 4.74 Å². The fourth-order valence-corrected chi connectivity index (χ4v) is 3.47. The number of nitrogens with zero attached hydrogens (tertiary/aromatic N) is 3. The van der Waals surface area contributed by atoms with Gasteiger partial charge in [0.05, 0.1) is 13.2 Å². The third kappa shape index (κ3) is 5.13. The molecule has 0 aromatic rings. The van der Waals surface area contributed by atoms with Crippen molar-refractivity contribution in [1.82, 2.24) is 15.1 Å². The minimum atomic E-state index is 0.753. The lowest BCUT2D eigenvalue weighted by Gasteiger charge is -2.29. The molecular formula is C17H34N4O. The third-order valence-corrected chi connectivity index (χ3v) is 5.12. The predicted octanol–water partition coefficient (Wildman–Crippen LogP) is 1.65. The first-order chi connectivity index (χ1) is 10.8. The van der Waals surface area contributed by atoms with Crippen LogP contribution in [0.25, 0.3) is 0 Å². The summed E-state index contributed by atoms with van der Waals surface area (Å²) in [4.78, 5) is 9.48. The molecule has 5 nitrogen and oxygen atoms in total. The molecule has 0 aliphatic carbocycles. The summed E-state index contributed by atoms with van der Waals surface area (Å²) < 4.78 is 5.44. The average molecular weight is 310 g/mol. The molecular weight excluding hydrogens is 276 g/mol. The lowest BCUT2D eigenvalue weighted by molar-refractivity contribution is 0.0315. The number of morpholine rings is 1. The maximum atomic E-state index is 5.44. The van der Waals surface area contributed by atoms with E-state index in [9.17, 15) is 0 Å². The van der Waals surface area contributed by atoms with Crippen LogP contribution in [0.5, 0.6) is 0 Å². The van der Waals surface area contributed by atoms with Gasteiger partial charge in [0.25, 0.3) is 0 Å². The zero-order valence-corrected chi connectivity index (χ0v) is 14.7. The molecule has 2 saturated heterocycles. The monoisotopic (exact) mass is 310 g/mol. The molecule has 22 heavy (non-hydrogen) atoms. The van der Waals surface area contributed by atoms with Crippen LogP contribution in [0.2, 0.25) is 0 Å². The number of hydrogen-bond donors (Lipinski definition) is 1. The Morgan fingerprint density at radius 3 is 2.59 bits per heavy atom. The van der Waals surface area contributed by atoms with Gasteiger partial charge in [-0.2, -0.15) is 0 Å². The fourth-order valence-electron chi connectivity index (χ4n) is 3.47. The van der Waals surface area contributed by atoms with E-state index in [1.54, 1.807) is 0 Å². The zero-order valence-electron chi connectivity index (χ0n) is 14.7. The normalized spacial score (nSPS) is 24.3. The second-order valence-corrected chi connectivity index (χ2v) is 6.62. The van der Waals surface area contributed by atoms with E-state index in [4.69, 9.17) is 4.74 Å². The first-order valence-electron chi connectivity index (χ1n) is 9.02. The number of guanidine groups is 1. The highest BCUT2D eigenvalue weighted by Crippen LogP contribution is 2.18. The van der Waals surface area contributed by atoms with Gasteiger partial charge in [-0.3, -0.25) is 9.89 Å². The Morgan fingerprint density at radius 2 is 1.95 bits per heavy atom. The van der Waals surface area contributed by atoms with E-state index in [-0.39, 0.29) is 0 Å². The van der Waals surface area contributed by atoms with Gasteiger partial charge in [-0.25, -0.2) is 0 Å². The summed E-state index contributed by atoms with van der Waals surface area (Å²) in [5, 5.41) is 3.58. The second-order valence-electron chi connectivity index (χ2n) is 6.62. The Kier molecular flexibility index (Phi) is 7.46. The van der Waals surface area contributed by atoms with Crippen LogP contribution in [0.3, 0.4) is 0 Å². The quantitative estimate of drug-likeness (QED) is 0.598. The molecule has 128 valence electrons. The molecule has 0 radical (unpaired) electrons. The fraction of sp³-hybridized carbons (Fsp3) is 0.941. The Morgan fingerprint density at radius 1 is 1.23 bits per heavy atom. The Bertz CT molecular complexity index is 338. The van der Waals surface area contributed by atoms with Crippen LogP contribution >= 0.6 is 0 Å². The lowest BCUT2D eigenvalue weighted by atomic mass is 10.0. The molecule has 2 aliphatic rings. The minimum Gasteiger partial charge on any atom is -0.379 e. The number of nitrogens with one attached hydrogen (secondary N) is 1. The Labute approximate surface area is 136 Å². The highest BCUT2D eigenvalue weighted by molar-refractivity contribution is 5.80. The van der Waals surface area contributed by atoms with Gasteiger partial charge in [-0.05, 0) is 18.3 Å². The van der Waals surface area contributed by atoms with Crippen molar-refractivity contribution in [1.29, 1.82) is 0 Å². The molecule has 2 aliphatic heterocycles. The highest BCUT2D eigenvalue weighted by Gasteiger charge is 2.27. The van der Waals surface area contributed by atoms with Crippen molar-refractivity contribution in [2.24, 2.45) is 16.8 Å². The van der Waals surface area contributed by atoms with Gasteiger partial charge in [0.1, 0.15) is 0 Å². The maximum absolute atomic E-state index is 5.44. The van der Waals surface area contributed by atoms with Crippen molar-refractivity contribution in [2.45, 2.75) is 33.1 Å². The molecule has 1 atom stereocenters. The number of rotatable bonds is 6. The number of ether oxygens (including phenoxy) is 1. The molecule has 5 heteroatoms. The standard InChI is InChI=1S/C17H34N4O/c1-4-15(5-2)12-19-17(18-3)21-7-6-16(14-21)13-20-8-10-22-11-9-20/h15-16H,4-14H2,1-3H3,(H,18,19). The van der Waals surface area contributed by atoms with Gasteiger partial charge in [0.15, 0.2) is 5.96 Å². The van der Waals surface area contributed by atoms with E-state index in [0.29, 0.717) is 0 Å². The van der Waals surface area contributed by atoms with Crippen molar-refractivity contribution < 1.29 is 4.74 Å². The topological polar surface area (TPSA) is 40.1 Å². The largest absolute Gasteiger partial charge is 0.379 e. The summed E-state index contributed by atoms with van der Waals surface area (Å²) in [6.45, 7) is 13.1. The van der Waals surface area contributed by atoms with Gasteiger partial charge in [-0.1, -0.05) is 26.7 Å². The van der Waals surface area contributed by atoms with Crippen LogP contribution in [0.4, 0.5) is 0 Å². The van der Waals surface area contributed by atoms with Gasteiger partial charge in [0.2, 0.25) is 0 Å². The van der Waals surface area contributed by atoms with Crippen LogP contribution in [-0.4, -0.2) is 75.3 Å². The van der Waals surface area contributed by atoms with E-state index < -0.39 is 0 Å². The van der Waals surface area contributed by atoms with Crippen molar-refractivity contribution in [3.63, 3.8) is 0 Å². The molecule has 0 bridgehead atoms. The van der Waals surface area contributed by atoms with Gasteiger partial charge in [0, 0.05) is 46.3 Å². The van der Waals surface area contributed by atoms with Crippen molar-refractivity contribution in [3.05, 3.63) is 0 Å². The third-order valence-electron chi connectivity index (χ3n) is 5.12. The summed E-state index contributed by atoms with van der Waals surface area (Å²) >= 11 is 0. The van der Waals surface area contributed by atoms with E-state index in [2.05, 4.69) is 34.0 Å². The zero-order chi connectivity index (χ0) is 15.8. The van der Waals surface area contributed by atoms with E-state index in [1.807, 2.05) is 7.05 Å². The summed E-state index contributed by atoms with van der Waals surface area (Å²) in [6.07, 6.45) is 3.75. The molecule has 0 amide bonds. The van der Waals surface area contributed by atoms with Crippen molar-refractivity contribution >= 4 is 5.96 Å². The smallest absolute Gasteiger partial charge is 0.193 e.